The highest BCUT2D eigenvalue weighted by Crippen LogP contribution is 2.27. The summed E-state index contributed by atoms with van der Waals surface area (Å²) in [5.41, 5.74) is 0. The fourth-order valence-corrected chi connectivity index (χ4v) is 1.93. The molecule has 0 aliphatic carbocycles. The van der Waals surface area contributed by atoms with Crippen LogP contribution >= 0.6 is 23.2 Å². The largest absolute Gasteiger partial charge is 0.482 e. The lowest BCUT2D eigenvalue weighted by Crippen LogP contribution is -2.46. The van der Waals surface area contributed by atoms with Crippen LogP contribution in [0.25, 0.3) is 0 Å². The van der Waals surface area contributed by atoms with Gasteiger partial charge in [-0.3, -0.25) is 4.79 Å². The van der Waals surface area contributed by atoms with Crippen molar-refractivity contribution in [2.45, 2.75) is 19.9 Å². The number of carbonyl (C=O) groups excluding carboxylic acids is 1. The van der Waals surface area contributed by atoms with Crippen molar-refractivity contribution in [3.8, 4) is 5.75 Å². The molecular formula is C13H15Cl2NO4. The van der Waals surface area contributed by atoms with Gasteiger partial charge in [-0.25, -0.2) is 4.79 Å². The average molecular weight is 320 g/mol. The van der Waals surface area contributed by atoms with Gasteiger partial charge in [0.2, 0.25) is 0 Å². The van der Waals surface area contributed by atoms with Crippen LogP contribution in [0.5, 0.6) is 5.75 Å². The maximum absolute atomic E-state index is 11.6. The van der Waals surface area contributed by atoms with Gasteiger partial charge in [-0.1, -0.05) is 37.0 Å². The van der Waals surface area contributed by atoms with E-state index in [0.29, 0.717) is 10.8 Å². The van der Waals surface area contributed by atoms with Crippen molar-refractivity contribution in [1.29, 1.82) is 0 Å². The number of amides is 1. The van der Waals surface area contributed by atoms with Crippen molar-refractivity contribution in [2.24, 2.45) is 5.92 Å². The number of halogens is 2. The molecule has 0 radical (unpaired) electrons. The van der Waals surface area contributed by atoms with Gasteiger partial charge >= 0.3 is 5.97 Å². The molecule has 0 aliphatic rings. The Morgan fingerprint density at radius 1 is 1.35 bits per heavy atom. The first-order valence-electron chi connectivity index (χ1n) is 5.91. The van der Waals surface area contributed by atoms with Crippen LogP contribution < -0.4 is 10.1 Å². The predicted molar refractivity (Wildman–Crippen MR) is 76.4 cm³/mol. The summed E-state index contributed by atoms with van der Waals surface area (Å²) in [5, 5.41) is 12.1. The quantitative estimate of drug-likeness (QED) is 0.845. The summed E-state index contributed by atoms with van der Waals surface area (Å²) in [6.07, 6.45) is 0. The molecule has 20 heavy (non-hydrogen) atoms. The number of carboxylic acid groups (broad SMARTS) is 1. The van der Waals surface area contributed by atoms with E-state index in [1.807, 2.05) is 0 Å². The Morgan fingerprint density at radius 3 is 2.50 bits per heavy atom. The van der Waals surface area contributed by atoms with Crippen LogP contribution in [-0.4, -0.2) is 29.6 Å². The number of benzene rings is 1. The number of carboxylic acids is 1. The number of rotatable bonds is 6. The highest BCUT2D eigenvalue weighted by molar-refractivity contribution is 6.35. The molecule has 0 aromatic heterocycles. The monoisotopic (exact) mass is 319 g/mol. The summed E-state index contributed by atoms with van der Waals surface area (Å²) >= 11 is 11.6. The third kappa shape index (κ3) is 4.90. The molecule has 1 aromatic carbocycles. The van der Waals surface area contributed by atoms with E-state index in [0.717, 1.165) is 0 Å². The van der Waals surface area contributed by atoms with Crippen molar-refractivity contribution in [1.82, 2.24) is 5.32 Å². The summed E-state index contributed by atoms with van der Waals surface area (Å²) in [5.74, 6) is -1.53. The second-order valence-electron chi connectivity index (χ2n) is 4.49. The first-order valence-corrected chi connectivity index (χ1v) is 6.67. The summed E-state index contributed by atoms with van der Waals surface area (Å²) in [4.78, 5) is 22.6. The van der Waals surface area contributed by atoms with Crippen LogP contribution in [-0.2, 0) is 9.59 Å². The van der Waals surface area contributed by atoms with E-state index in [1.165, 1.54) is 12.1 Å². The molecule has 0 saturated carbocycles. The minimum atomic E-state index is -1.09. The van der Waals surface area contributed by atoms with E-state index < -0.39 is 17.9 Å². The van der Waals surface area contributed by atoms with Crippen LogP contribution in [0, 0.1) is 5.92 Å². The lowest BCUT2D eigenvalue weighted by atomic mass is 10.1. The third-order valence-corrected chi connectivity index (χ3v) is 3.03. The molecule has 7 heteroatoms. The smallest absolute Gasteiger partial charge is 0.326 e. The number of carbonyl (C=O) groups is 2. The number of aliphatic carboxylic acids is 1. The zero-order valence-corrected chi connectivity index (χ0v) is 12.5. The Kier molecular flexibility index (Phi) is 6.10. The standard InChI is InChI=1S/C13H15Cl2NO4/c1-7(2)12(13(18)19)16-11(17)6-20-10-4-3-8(14)5-9(10)15/h3-5,7,12H,6H2,1-2H3,(H,16,17)(H,18,19)/t12-/m1/s1. The number of hydrogen-bond acceptors (Lipinski definition) is 3. The molecule has 0 fully saturated rings. The van der Waals surface area contributed by atoms with Gasteiger partial charge in [0.05, 0.1) is 5.02 Å². The molecule has 0 bridgehead atoms. The normalized spacial score (nSPS) is 12.1. The maximum Gasteiger partial charge on any atom is 0.326 e. The molecule has 110 valence electrons. The van der Waals surface area contributed by atoms with Gasteiger partial charge in [0, 0.05) is 5.02 Å². The summed E-state index contributed by atoms with van der Waals surface area (Å²) in [6, 6.07) is 3.65. The van der Waals surface area contributed by atoms with E-state index in [9.17, 15) is 9.59 Å². The number of ether oxygens (including phenoxy) is 1. The molecule has 1 atom stereocenters. The Balaban J connectivity index is 2.57. The molecule has 1 rings (SSSR count). The van der Waals surface area contributed by atoms with Crippen molar-refractivity contribution in [3.63, 3.8) is 0 Å². The van der Waals surface area contributed by atoms with Crippen molar-refractivity contribution < 1.29 is 19.4 Å². The van der Waals surface area contributed by atoms with Gasteiger partial charge in [-0.2, -0.15) is 0 Å². The molecule has 2 N–H and O–H groups in total. The summed E-state index contributed by atoms with van der Waals surface area (Å²) in [7, 11) is 0. The summed E-state index contributed by atoms with van der Waals surface area (Å²) < 4.78 is 5.22. The molecule has 5 nitrogen and oxygen atoms in total. The Morgan fingerprint density at radius 2 is 2.00 bits per heavy atom. The van der Waals surface area contributed by atoms with Gasteiger partial charge in [-0.15, -0.1) is 0 Å². The molecule has 0 spiro atoms. The fourth-order valence-electron chi connectivity index (χ4n) is 1.46. The Hall–Kier alpha value is -1.46. The highest BCUT2D eigenvalue weighted by atomic mass is 35.5. The average Bonchev–Trinajstić information content (AvgIpc) is 2.34. The van der Waals surface area contributed by atoms with Crippen LogP contribution in [0.2, 0.25) is 10.0 Å². The van der Waals surface area contributed by atoms with E-state index in [-0.39, 0.29) is 17.5 Å². The van der Waals surface area contributed by atoms with Crippen LogP contribution in [0.15, 0.2) is 18.2 Å². The number of nitrogens with one attached hydrogen (secondary N) is 1. The van der Waals surface area contributed by atoms with Crippen LogP contribution in [0.4, 0.5) is 0 Å². The van der Waals surface area contributed by atoms with Crippen molar-refractivity contribution in [3.05, 3.63) is 28.2 Å². The lowest BCUT2D eigenvalue weighted by molar-refractivity contribution is -0.143. The minimum Gasteiger partial charge on any atom is -0.482 e. The zero-order valence-electron chi connectivity index (χ0n) is 11.0. The molecule has 1 amide bonds. The lowest BCUT2D eigenvalue weighted by Gasteiger charge is -2.18. The fraction of sp³-hybridized carbons (Fsp3) is 0.385. The molecule has 1 aromatic rings. The first-order chi connectivity index (χ1) is 9.31. The Bertz CT molecular complexity index is 505. The van der Waals surface area contributed by atoms with Crippen LogP contribution in [0.3, 0.4) is 0 Å². The maximum atomic E-state index is 11.6. The van der Waals surface area contributed by atoms with E-state index in [1.54, 1.807) is 19.9 Å². The van der Waals surface area contributed by atoms with Gasteiger partial charge in [0.1, 0.15) is 11.8 Å². The van der Waals surface area contributed by atoms with Gasteiger partial charge in [0.25, 0.3) is 5.91 Å². The van der Waals surface area contributed by atoms with Crippen molar-refractivity contribution in [2.75, 3.05) is 6.61 Å². The molecule has 0 unspecified atom stereocenters. The third-order valence-electron chi connectivity index (χ3n) is 2.50. The van der Waals surface area contributed by atoms with Crippen molar-refractivity contribution >= 4 is 35.1 Å². The van der Waals surface area contributed by atoms with Crippen LogP contribution in [0.1, 0.15) is 13.8 Å². The first kappa shape index (κ1) is 16.6. The second kappa shape index (κ2) is 7.36. The Labute approximate surface area is 126 Å². The topological polar surface area (TPSA) is 75.6 Å². The molecule has 0 heterocycles. The van der Waals surface area contributed by atoms with Gasteiger partial charge < -0.3 is 15.2 Å². The number of hydrogen-bond donors (Lipinski definition) is 2. The second-order valence-corrected chi connectivity index (χ2v) is 5.33. The molecule has 0 saturated heterocycles. The SMILES string of the molecule is CC(C)[C@@H](NC(=O)COc1ccc(Cl)cc1Cl)C(=O)O. The predicted octanol–water partition coefficient (Wildman–Crippen LogP) is 2.60. The zero-order chi connectivity index (χ0) is 15.3. The summed E-state index contributed by atoms with van der Waals surface area (Å²) in [6.45, 7) is 3.09. The minimum absolute atomic E-state index is 0.226. The van der Waals surface area contributed by atoms with E-state index in [4.69, 9.17) is 33.0 Å². The molecule has 0 aliphatic heterocycles. The van der Waals surface area contributed by atoms with E-state index >= 15 is 0 Å². The van der Waals surface area contributed by atoms with Gasteiger partial charge in [0.15, 0.2) is 6.61 Å². The van der Waals surface area contributed by atoms with E-state index in [2.05, 4.69) is 5.32 Å². The van der Waals surface area contributed by atoms with Gasteiger partial charge in [-0.05, 0) is 24.1 Å². The molecular weight excluding hydrogens is 305 g/mol. The highest BCUT2D eigenvalue weighted by Gasteiger charge is 2.23.